The van der Waals surface area contributed by atoms with Gasteiger partial charge in [0.25, 0.3) is 5.91 Å². The van der Waals surface area contributed by atoms with E-state index in [2.05, 4.69) is 20.5 Å². The van der Waals surface area contributed by atoms with Crippen molar-refractivity contribution in [3.63, 3.8) is 0 Å². The summed E-state index contributed by atoms with van der Waals surface area (Å²) in [6.45, 7) is 0.281. The molecule has 7 nitrogen and oxygen atoms in total. The van der Waals surface area contributed by atoms with Gasteiger partial charge in [0.05, 0.1) is 27.7 Å². The van der Waals surface area contributed by atoms with Crippen LogP contribution in [0.3, 0.4) is 0 Å². The van der Waals surface area contributed by atoms with Crippen molar-refractivity contribution in [2.75, 3.05) is 0 Å². The highest BCUT2D eigenvalue weighted by Gasteiger charge is 2.20. The zero-order valence-corrected chi connectivity index (χ0v) is 21.5. The van der Waals surface area contributed by atoms with Crippen LogP contribution in [0.4, 0.5) is 4.39 Å². The second-order valence-electron chi connectivity index (χ2n) is 7.44. The molecule has 0 bridgehead atoms. The Kier molecular flexibility index (Phi) is 7.38. The molecule has 0 fully saturated rings. The predicted molar refractivity (Wildman–Crippen MR) is 138 cm³/mol. The van der Waals surface area contributed by atoms with Crippen molar-refractivity contribution in [3.05, 3.63) is 98.4 Å². The molecule has 0 saturated heterocycles. The van der Waals surface area contributed by atoms with Crippen LogP contribution in [0.1, 0.15) is 21.1 Å². The van der Waals surface area contributed by atoms with Crippen LogP contribution in [0.15, 0.2) is 75.8 Å². The van der Waals surface area contributed by atoms with Crippen LogP contribution in [0.25, 0.3) is 17.3 Å². The molecule has 0 atom stereocenters. The fourth-order valence-electron chi connectivity index (χ4n) is 3.27. The Morgan fingerprint density at radius 1 is 1.11 bits per heavy atom. The first kappa shape index (κ1) is 24.5. The van der Waals surface area contributed by atoms with Crippen LogP contribution in [0, 0.1) is 5.82 Å². The second-order valence-corrected chi connectivity index (χ2v) is 10.1. The van der Waals surface area contributed by atoms with E-state index in [9.17, 15) is 9.18 Å². The molecule has 0 radical (unpaired) electrons. The summed E-state index contributed by atoms with van der Waals surface area (Å²) in [6.07, 6.45) is 1.56. The quantitative estimate of drug-likeness (QED) is 0.214. The van der Waals surface area contributed by atoms with Crippen molar-refractivity contribution in [1.29, 1.82) is 0 Å². The Bertz CT molecular complexity index is 1500. The lowest BCUT2D eigenvalue weighted by Crippen LogP contribution is -2.23. The van der Waals surface area contributed by atoms with Crippen molar-refractivity contribution in [2.24, 2.45) is 0 Å². The monoisotopic (exact) mass is 559 g/mol. The molecule has 1 amide bonds. The Morgan fingerprint density at radius 3 is 2.69 bits per heavy atom. The van der Waals surface area contributed by atoms with Gasteiger partial charge >= 0.3 is 0 Å². The number of amides is 1. The highest BCUT2D eigenvalue weighted by Crippen LogP contribution is 2.33. The Hall–Kier alpha value is -3.18. The first-order chi connectivity index (χ1) is 17.5. The third-order valence-electron chi connectivity index (χ3n) is 5.01. The molecular weight excluding hydrogens is 544 g/mol. The zero-order valence-electron chi connectivity index (χ0n) is 18.3. The lowest BCUT2D eigenvalue weighted by atomic mass is 10.2. The lowest BCUT2D eigenvalue weighted by molar-refractivity contribution is 0.0946. The number of rotatable bonds is 8. The maximum atomic E-state index is 13.1. The maximum absolute atomic E-state index is 13.1. The summed E-state index contributed by atoms with van der Waals surface area (Å²) < 4.78 is 20.4. The van der Waals surface area contributed by atoms with Gasteiger partial charge in [-0.15, -0.1) is 21.5 Å². The van der Waals surface area contributed by atoms with E-state index < -0.39 is 0 Å². The number of nitrogens with zero attached hydrogens (tertiary/aromatic N) is 4. The molecule has 182 valence electrons. The van der Waals surface area contributed by atoms with Gasteiger partial charge in [-0.3, -0.25) is 9.36 Å². The Balaban J connectivity index is 1.31. The van der Waals surface area contributed by atoms with Gasteiger partial charge in [0.1, 0.15) is 16.5 Å². The minimum absolute atomic E-state index is 0.281. The van der Waals surface area contributed by atoms with Crippen molar-refractivity contribution in [1.82, 2.24) is 25.1 Å². The average molecular weight is 560 g/mol. The molecule has 3 heterocycles. The number of carbonyl (C=O) groups excluding carboxylic acids is 1. The van der Waals surface area contributed by atoms with Crippen LogP contribution in [-0.2, 0) is 12.3 Å². The summed E-state index contributed by atoms with van der Waals surface area (Å²) in [5.41, 5.74) is 1.84. The molecule has 0 aliphatic carbocycles. The summed E-state index contributed by atoms with van der Waals surface area (Å²) in [5.74, 6) is 0.910. The third-order valence-corrected chi connectivity index (χ3v) is 7.72. The number of hydrogen-bond donors (Lipinski definition) is 1. The van der Waals surface area contributed by atoms with E-state index in [1.54, 1.807) is 48.0 Å². The molecule has 0 aliphatic heterocycles. The minimum atomic E-state index is -0.321. The molecule has 0 aliphatic rings. The number of hydrogen-bond acceptors (Lipinski definition) is 7. The number of nitrogens with one attached hydrogen (secondary N) is 1. The van der Waals surface area contributed by atoms with Gasteiger partial charge in [-0.1, -0.05) is 47.1 Å². The van der Waals surface area contributed by atoms with Crippen LogP contribution in [0.2, 0.25) is 10.0 Å². The van der Waals surface area contributed by atoms with Gasteiger partial charge < -0.3 is 9.73 Å². The van der Waals surface area contributed by atoms with Gasteiger partial charge in [-0.25, -0.2) is 9.37 Å². The molecule has 5 aromatic rings. The molecule has 5 rings (SSSR count). The van der Waals surface area contributed by atoms with Crippen molar-refractivity contribution in [3.8, 4) is 17.3 Å². The van der Waals surface area contributed by atoms with Crippen LogP contribution < -0.4 is 5.32 Å². The Morgan fingerprint density at radius 2 is 1.94 bits per heavy atom. The third kappa shape index (κ3) is 5.46. The normalized spacial score (nSPS) is 11.1. The largest absolute Gasteiger partial charge is 0.461 e. The van der Waals surface area contributed by atoms with E-state index in [-0.39, 0.29) is 18.3 Å². The van der Waals surface area contributed by atoms with Gasteiger partial charge in [0.2, 0.25) is 5.82 Å². The van der Waals surface area contributed by atoms with E-state index in [1.807, 2.05) is 10.6 Å². The molecule has 12 heteroatoms. The number of carbonyl (C=O) groups is 1. The smallest absolute Gasteiger partial charge is 0.271 e. The number of furan rings is 1. The van der Waals surface area contributed by atoms with Crippen LogP contribution >= 0.6 is 46.3 Å². The number of thiazole rings is 1. The first-order valence-electron chi connectivity index (χ1n) is 10.5. The summed E-state index contributed by atoms with van der Waals surface area (Å²) in [4.78, 5) is 16.9. The highest BCUT2D eigenvalue weighted by atomic mass is 35.5. The van der Waals surface area contributed by atoms with Crippen LogP contribution in [-0.4, -0.2) is 25.7 Å². The average Bonchev–Trinajstić information content (AvgIpc) is 3.64. The molecule has 36 heavy (non-hydrogen) atoms. The summed E-state index contributed by atoms with van der Waals surface area (Å²) in [5, 5.41) is 15.3. The van der Waals surface area contributed by atoms with Gasteiger partial charge in [0, 0.05) is 11.9 Å². The lowest BCUT2D eigenvalue weighted by Gasteiger charge is -2.10. The number of benzene rings is 2. The van der Waals surface area contributed by atoms with Crippen molar-refractivity contribution in [2.45, 2.75) is 17.5 Å². The molecular formula is C24H16Cl2FN5O2S2. The number of aromatic nitrogens is 4. The molecule has 1 N–H and O–H groups in total. The van der Waals surface area contributed by atoms with E-state index in [4.69, 9.17) is 27.6 Å². The van der Waals surface area contributed by atoms with Gasteiger partial charge in [-0.2, -0.15) is 0 Å². The maximum Gasteiger partial charge on any atom is 0.271 e. The fraction of sp³-hybridized carbons (Fsp3) is 0.0833. The zero-order chi connectivity index (χ0) is 25.1. The standard InChI is InChI=1S/C24H16Cl2FN5O2S2/c25-17-8-7-16(10-18(17)26)32-22(20-2-1-9-34-20)30-31-24(32)36-13-21-29-19(12-35-21)23(33)28-11-14-3-5-15(27)6-4-14/h1-10,12H,11,13H2,(H,28,33). The van der Waals surface area contributed by atoms with Gasteiger partial charge in [0.15, 0.2) is 10.9 Å². The van der Waals surface area contributed by atoms with E-state index in [0.29, 0.717) is 38.2 Å². The first-order valence-corrected chi connectivity index (χ1v) is 13.1. The van der Waals surface area contributed by atoms with Crippen molar-refractivity contribution >= 4 is 52.2 Å². The van der Waals surface area contributed by atoms with E-state index >= 15 is 0 Å². The summed E-state index contributed by atoms with van der Waals surface area (Å²) >= 11 is 15.1. The fourth-order valence-corrected chi connectivity index (χ4v) is 5.31. The summed E-state index contributed by atoms with van der Waals surface area (Å²) in [7, 11) is 0. The molecule has 0 unspecified atom stereocenters. The van der Waals surface area contributed by atoms with Crippen LogP contribution in [0.5, 0.6) is 0 Å². The second kappa shape index (κ2) is 10.8. The Labute approximate surface area is 223 Å². The predicted octanol–water partition coefficient (Wildman–Crippen LogP) is 6.65. The van der Waals surface area contributed by atoms with Crippen molar-refractivity contribution < 1.29 is 13.6 Å². The number of halogens is 3. The highest BCUT2D eigenvalue weighted by molar-refractivity contribution is 7.98. The molecule has 2 aromatic carbocycles. The number of thioether (sulfide) groups is 1. The molecule has 0 saturated carbocycles. The van der Waals surface area contributed by atoms with E-state index in [0.717, 1.165) is 16.3 Å². The van der Waals surface area contributed by atoms with E-state index in [1.165, 1.54) is 35.2 Å². The topological polar surface area (TPSA) is 85.8 Å². The SMILES string of the molecule is O=C(NCc1ccc(F)cc1)c1csc(CSc2nnc(-c3ccco3)n2-c2ccc(Cl)c(Cl)c2)n1. The molecule has 0 spiro atoms. The minimum Gasteiger partial charge on any atom is -0.461 e. The van der Waals surface area contributed by atoms with Gasteiger partial charge in [-0.05, 0) is 48.0 Å². The molecule has 3 aromatic heterocycles. The summed E-state index contributed by atoms with van der Waals surface area (Å²) in [6, 6.07) is 14.8.